The van der Waals surface area contributed by atoms with Gasteiger partial charge < -0.3 is 24.8 Å². The maximum atomic E-state index is 12.4. The smallest absolute Gasteiger partial charge is 0.240 e. The van der Waals surface area contributed by atoms with Crippen molar-refractivity contribution < 1.29 is 22.6 Å². The van der Waals surface area contributed by atoms with E-state index in [0.29, 0.717) is 32.2 Å². The Morgan fingerprint density at radius 1 is 1.09 bits per heavy atom. The molecular weight excluding hydrogens is 547 g/mol. The zero-order valence-corrected chi connectivity index (χ0v) is 21.2. The van der Waals surface area contributed by atoms with Crippen LogP contribution in [0.3, 0.4) is 0 Å². The molecule has 0 aliphatic carbocycles. The van der Waals surface area contributed by atoms with Crippen LogP contribution in [-0.4, -0.2) is 48.0 Å². The summed E-state index contributed by atoms with van der Waals surface area (Å²) in [5.41, 5.74) is 1.82. The lowest BCUT2D eigenvalue weighted by Crippen LogP contribution is -2.36. The molecule has 0 unspecified atom stereocenters. The molecule has 3 rings (SSSR count). The zero-order valence-electron chi connectivity index (χ0n) is 18.1. The maximum Gasteiger partial charge on any atom is 0.240 e. The highest BCUT2D eigenvalue weighted by molar-refractivity contribution is 14.0. The van der Waals surface area contributed by atoms with Gasteiger partial charge in [-0.05, 0) is 42.3 Å². The fourth-order valence-electron chi connectivity index (χ4n) is 2.92. The van der Waals surface area contributed by atoms with E-state index in [1.807, 2.05) is 31.2 Å². The van der Waals surface area contributed by atoms with Gasteiger partial charge in [0.15, 0.2) is 17.5 Å². The number of rotatable bonds is 10. The highest BCUT2D eigenvalue weighted by Crippen LogP contribution is 2.32. The molecule has 11 heteroatoms. The van der Waals surface area contributed by atoms with E-state index in [4.69, 9.17) is 14.2 Å². The van der Waals surface area contributed by atoms with Crippen LogP contribution in [0.15, 0.2) is 52.4 Å². The second-order valence-electron chi connectivity index (χ2n) is 6.77. The van der Waals surface area contributed by atoms with Gasteiger partial charge in [-0.2, -0.15) is 0 Å². The molecule has 0 atom stereocenters. The van der Waals surface area contributed by atoms with Crippen LogP contribution in [-0.2, 0) is 27.8 Å². The Morgan fingerprint density at radius 3 is 2.69 bits per heavy atom. The van der Waals surface area contributed by atoms with Crippen molar-refractivity contribution >= 4 is 40.0 Å². The van der Waals surface area contributed by atoms with Crippen molar-refractivity contribution in [2.24, 2.45) is 4.99 Å². The van der Waals surface area contributed by atoms with Crippen molar-refractivity contribution in [3.63, 3.8) is 0 Å². The molecule has 0 saturated carbocycles. The number of aliphatic imine (C=N–C) groups is 1. The number of guanidine groups is 1. The highest BCUT2D eigenvalue weighted by atomic mass is 127. The van der Waals surface area contributed by atoms with Crippen molar-refractivity contribution in [2.75, 3.05) is 33.6 Å². The monoisotopic (exact) mass is 576 g/mol. The van der Waals surface area contributed by atoms with Crippen LogP contribution < -0.4 is 24.8 Å². The lowest BCUT2D eigenvalue weighted by atomic mass is 10.2. The van der Waals surface area contributed by atoms with Crippen LogP contribution in [0, 0.1) is 0 Å². The van der Waals surface area contributed by atoms with E-state index in [2.05, 4.69) is 20.3 Å². The molecule has 0 aromatic heterocycles. The van der Waals surface area contributed by atoms with Crippen molar-refractivity contribution in [1.82, 2.24) is 15.4 Å². The van der Waals surface area contributed by atoms with Gasteiger partial charge in [-0.1, -0.05) is 18.2 Å². The molecule has 0 spiro atoms. The van der Waals surface area contributed by atoms with Crippen molar-refractivity contribution in [3.05, 3.63) is 53.6 Å². The summed E-state index contributed by atoms with van der Waals surface area (Å²) in [6, 6.07) is 12.5. The summed E-state index contributed by atoms with van der Waals surface area (Å²) < 4.78 is 42.9. The lowest BCUT2D eigenvalue weighted by molar-refractivity contribution is 0.174. The van der Waals surface area contributed by atoms with Gasteiger partial charge in [0.1, 0.15) is 0 Å². The van der Waals surface area contributed by atoms with Gasteiger partial charge in [-0.3, -0.25) is 0 Å². The minimum Gasteiger partial charge on any atom is -0.454 e. The fourth-order valence-corrected chi connectivity index (χ4v) is 4.00. The van der Waals surface area contributed by atoms with E-state index in [9.17, 15) is 8.42 Å². The van der Waals surface area contributed by atoms with Gasteiger partial charge in [0.05, 0.1) is 18.0 Å². The standard InChI is InChI=1S/C21H28N4O5S.HI/c1-3-22-21(24-14-17-7-8-19-20(12-17)30-15-29-19)23-13-16-5-4-6-18(11-16)31(26,27)25-9-10-28-2;/h4-8,11-12,25H,3,9-10,13-15H2,1-2H3,(H2,22,23,24);1H. The molecule has 0 radical (unpaired) electrons. The summed E-state index contributed by atoms with van der Waals surface area (Å²) in [4.78, 5) is 4.78. The molecular formula is C21H29IN4O5S. The van der Waals surface area contributed by atoms with Gasteiger partial charge >= 0.3 is 0 Å². The molecule has 176 valence electrons. The molecule has 1 heterocycles. The number of hydrogen-bond donors (Lipinski definition) is 3. The van der Waals surface area contributed by atoms with E-state index in [1.165, 1.54) is 7.11 Å². The second-order valence-corrected chi connectivity index (χ2v) is 8.54. The van der Waals surface area contributed by atoms with Crippen molar-refractivity contribution in [2.45, 2.75) is 24.9 Å². The number of sulfonamides is 1. The number of halogens is 1. The molecule has 2 aromatic carbocycles. The first-order chi connectivity index (χ1) is 15.0. The summed E-state index contributed by atoms with van der Waals surface area (Å²) in [6.07, 6.45) is 0. The summed E-state index contributed by atoms with van der Waals surface area (Å²) in [6.45, 7) is 4.34. The van der Waals surface area contributed by atoms with Gasteiger partial charge in [-0.15, -0.1) is 24.0 Å². The molecule has 0 fully saturated rings. The summed E-state index contributed by atoms with van der Waals surface area (Å²) in [7, 11) is -2.06. The highest BCUT2D eigenvalue weighted by Gasteiger charge is 2.14. The SMILES string of the molecule is CCNC(=NCc1cccc(S(=O)(=O)NCCOC)c1)NCc1ccc2c(c1)OCO2.I. The topological polar surface area (TPSA) is 110 Å². The van der Waals surface area contributed by atoms with Crippen LogP contribution in [0.1, 0.15) is 18.1 Å². The van der Waals surface area contributed by atoms with Gasteiger partial charge in [-0.25, -0.2) is 18.1 Å². The second kappa shape index (κ2) is 12.8. The third kappa shape index (κ3) is 7.50. The van der Waals surface area contributed by atoms with Crippen LogP contribution >= 0.6 is 24.0 Å². The van der Waals surface area contributed by atoms with E-state index in [0.717, 1.165) is 22.6 Å². The summed E-state index contributed by atoms with van der Waals surface area (Å²) in [5.74, 6) is 2.11. The third-order valence-corrected chi connectivity index (χ3v) is 5.93. The predicted octanol–water partition coefficient (Wildman–Crippen LogP) is 2.21. The van der Waals surface area contributed by atoms with Gasteiger partial charge in [0, 0.05) is 26.7 Å². The minimum atomic E-state index is -3.59. The largest absolute Gasteiger partial charge is 0.454 e. The van der Waals surface area contributed by atoms with Crippen LogP contribution in [0.25, 0.3) is 0 Å². The third-order valence-electron chi connectivity index (χ3n) is 4.47. The number of benzene rings is 2. The fraction of sp³-hybridized carbons (Fsp3) is 0.381. The predicted molar refractivity (Wildman–Crippen MR) is 133 cm³/mol. The Balaban J connectivity index is 0.00000363. The Labute approximate surface area is 206 Å². The number of methoxy groups -OCH3 is 1. The van der Waals surface area contributed by atoms with Crippen LogP contribution in [0.4, 0.5) is 0 Å². The lowest BCUT2D eigenvalue weighted by Gasteiger charge is -2.12. The van der Waals surface area contributed by atoms with E-state index < -0.39 is 10.0 Å². The molecule has 9 nitrogen and oxygen atoms in total. The molecule has 0 amide bonds. The molecule has 2 aromatic rings. The number of hydrogen-bond acceptors (Lipinski definition) is 6. The average Bonchev–Trinajstić information content (AvgIpc) is 3.24. The van der Waals surface area contributed by atoms with E-state index in [-0.39, 0.29) is 42.2 Å². The molecule has 3 N–H and O–H groups in total. The Bertz CT molecular complexity index is 1020. The first kappa shape index (κ1) is 26.2. The average molecular weight is 576 g/mol. The molecule has 0 bridgehead atoms. The summed E-state index contributed by atoms with van der Waals surface area (Å²) in [5, 5.41) is 6.47. The maximum absolute atomic E-state index is 12.4. The van der Waals surface area contributed by atoms with Gasteiger partial charge in [0.25, 0.3) is 0 Å². The molecule has 1 aliphatic heterocycles. The summed E-state index contributed by atoms with van der Waals surface area (Å²) >= 11 is 0. The van der Waals surface area contributed by atoms with E-state index in [1.54, 1.807) is 18.2 Å². The van der Waals surface area contributed by atoms with Crippen molar-refractivity contribution in [1.29, 1.82) is 0 Å². The first-order valence-corrected chi connectivity index (χ1v) is 11.5. The zero-order chi connectivity index (χ0) is 22.1. The quantitative estimate of drug-likeness (QED) is 0.172. The molecule has 1 aliphatic rings. The van der Waals surface area contributed by atoms with Gasteiger partial charge in [0.2, 0.25) is 16.8 Å². The number of fused-ring (bicyclic) bond motifs is 1. The number of ether oxygens (including phenoxy) is 3. The van der Waals surface area contributed by atoms with Crippen LogP contribution in [0.5, 0.6) is 11.5 Å². The molecule has 0 saturated heterocycles. The number of nitrogens with zero attached hydrogens (tertiary/aromatic N) is 1. The van der Waals surface area contributed by atoms with Crippen LogP contribution in [0.2, 0.25) is 0 Å². The Morgan fingerprint density at radius 2 is 1.91 bits per heavy atom. The normalized spacial score (nSPS) is 12.9. The first-order valence-electron chi connectivity index (χ1n) is 10.00. The number of nitrogens with one attached hydrogen (secondary N) is 3. The minimum absolute atomic E-state index is 0. The Hall–Kier alpha value is -2.09. The van der Waals surface area contributed by atoms with E-state index >= 15 is 0 Å². The Kier molecular flexibility index (Phi) is 10.5. The van der Waals surface area contributed by atoms with Crippen molar-refractivity contribution in [3.8, 4) is 11.5 Å². The molecule has 32 heavy (non-hydrogen) atoms.